The number of carbonyl (C=O) groups excluding carboxylic acids is 1. The first-order valence-electron chi connectivity index (χ1n) is 11.2. The number of amides is 1. The molecule has 2 aromatic carbocycles. The van der Waals surface area contributed by atoms with Gasteiger partial charge < -0.3 is 19.5 Å². The lowest BCUT2D eigenvalue weighted by molar-refractivity contribution is 0.0594. The lowest BCUT2D eigenvalue weighted by Crippen LogP contribution is -2.49. The maximum absolute atomic E-state index is 13.2. The van der Waals surface area contributed by atoms with Crippen molar-refractivity contribution in [3.8, 4) is 5.75 Å². The number of benzene rings is 2. The van der Waals surface area contributed by atoms with Crippen LogP contribution in [0.25, 0.3) is 0 Å². The van der Waals surface area contributed by atoms with E-state index in [9.17, 15) is 14.0 Å². The summed E-state index contributed by atoms with van der Waals surface area (Å²) < 4.78 is 20.2. The number of pyridine rings is 1. The number of methoxy groups -OCH3 is 1. The van der Waals surface area contributed by atoms with Gasteiger partial charge in [0.2, 0.25) is 0 Å². The van der Waals surface area contributed by atoms with Crippen molar-refractivity contribution in [1.29, 1.82) is 0 Å². The summed E-state index contributed by atoms with van der Waals surface area (Å²) in [4.78, 5) is 28.2. The van der Waals surface area contributed by atoms with Gasteiger partial charge in [-0.2, -0.15) is 0 Å². The number of rotatable bonds is 5. The monoisotopic (exact) mass is 447 g/mol. The van der Waals surface area contributed by atoms with E-state index in [0.29, 0.717) is 37.4 Å². The fourth-order valence-corrected chi connectivity index (χ4v) is 4.96. The standard InChI is InChI=1S/C26H26FN3O3/c1-33-22-8-4-19(5-9-22)25(31)29-14-18-12-20(16-29)24-11-10-23(26(32)30(24)15-18)28-13-17-2-6-21(27)7-3-17/h2-11,18,20,28H,12-16H2,1H3/t18-,20+/m0/s1. The molecule has 1 N–H and O–H groups in total. The topological polar surface area (TPSA) is 63.6 Å². The summed E-state index contributed by atoms with van der Waals surface area (Å²) in [7, 11) is 1.60. The Morgan fingerprint density at radius 3 is 2.52 bits per heavy atom. The van der Waals surface area contributed by atoms with Crippen molar-refractivity contribution in [2.75, 3.05) is 25.5 Å². The molecule has 2 bridgehead atoms. The second-order valence-corrected chi connectivity index (χ2v) is 8.80. The number of hydrogen-bond donors (Lipinski definition) is 1. The zero-order valence-corrected chi connectivity index (χ0v) is 18.5. The summed E-state index contributed by atoms with van der Waals surface area (Å²) in [5.74, 6) is 0.834. The van der Waals surface area contributed by atoms with Crippen molar-refractivity contribution in [3.05, 3.63) is 93.7 Å². The van der Waals surface area contributed by atoms with Gasteiger partial charge in [0, 0.05) is 43.4 Å². The minimum absolute atomic E-state index is 0.0146. The predicted molar refractivity (Wildman–Crippen MR) is 124 cm³/mol. The predicted octanol–water partition coefficient (Wildman–Crippen LogP) is 3.87. The molecular formula is C26H26FN3O3. The largest absolute Gasteiger partial charge is 0.497 e. The first kappa shape index (κ1) is 21.2. The molecule has 170 valence electrons. The first-order valence-corrected chi connectivity index (χ1v) is 11.2. The number of piperidine rings is 1. The zero-order chi connectivity index (χ0) is 22.9. The molecule has 1 aromatic heterocycles. The van der Waals surface area contributed by atoms with E-state index in [1.807, 2.05) is 21.6 Å². The highest BCUT2D eigenvalue weighted by Gasteiger charge is 2.36. The van der Waals surface area contributed by atoms with Gasteiger partial charge in [-0.1, -0.05) is 12.1 Å². The number of aromatic nitrogens is 1. The summed E-state index contributed by atoms with van der Waals surface area (Å²) in [6, 6.07) is 17.2. The average molecular weight is 448 g/mol. The van der Waals surface area contributed by atoms with Crippen molar-refractivity contribution in [1.82, 2.24) is 9.47 Å². The number of ether oxygens (including phenoxy) is 1. The van der Waals surface area contributed by atoms with Crippen LogP contribution in [0, 0.1) is 11.7 Å². The molecule has 1 saturated heterocycles. The summed E-state index contributed by atoms with van der Waals surface area (Å²) in [6.07, 6.45) is 0.980. The van der Waals surface area contributed by atoms with E-state index in [4.69, 9.17) is 4.74 Å². The molecule has 2 atom stereocenters. The van der Waals surface area contributed by atoms with E-state index in [1.54, 1.807) is 43.5 Å². The Balaban J connectivity index is 1.32. The number of nitrogens with one attached hydrogen (secondary N) is 1. The summed E-state index contributed by atoms with van der Waals surface area (Å²) >= 11 is 0. The van der Waals surface area contributed by atoms with E-state index in [0.717, 1.165) is 23.4 Å². The van der Waals surface area contributed by atoms with E-state index in [-0.39, 0.29) is 29.1 Å². The van der Waals surface area contributed by atoms with Crippen LogP contribution in [-0.2, 0) is 13.1 Å². The molecule has 0 saturated carbocycles. The lowest BCUT2D eigenvalue weighted by atomic mass is 9.83. The second kappa shape index (κ2) is 8.73. The number of hydrogen-bond acceptors (Lipinski definition) is 4. The van der Waals surface area contributed by atoms with Gasteiger partial charge in [0.1, 0.15) is 17.3 Å². The second-order valence-electron chi connectivity index (χ2n) is 8.80. The van der Waals surface area contributed by atoms with Crippen molar-refractivity contribution < 1.29 is 13.9 Å². The van der Waals surface area contributed by atoms with Gasteiger partial charge in [-0.3, -0.25) is 9.59 Å². The molecule has 1 amide bonds. The van der Waals surface area contributed by atoms with Gasteiger partial charge in [-0.15, -0.1) is 0 Å². The molecular weight excluding hydrogens is 421 g/mol. The number of nitrogens with zero attached hydrogens (tertiary/aromatic N) is 2. The minimum atomic E-state index is -0.279. The van der Waals surface area contributed by atoms with Crippen molar-refractivity contribution in [2.24, 2.45) is 5.92 Å². The summed E-state index contributed by atoms with van der Waals surface area (Å²) in [6.45, 7) is 2.29. The van der Waals surface area contributed by atoms with Gasteiger partial charge >= 0.3 is 0 Å². The SMILES string of the molecule is COc1ccc(C(=O)N2C[C@@H]3C[C@H](C2)c2ccc(NCc4ccc(F)cc4)c(=O)n2C3)cc1. The quantitative estimate of drug-likeness (QED) is 0.645. The molecule has 7 heteroatoms. The molecule has 0 radical (unpaired) electrons. The molecule has 0 aliphatic carbocycles. The van der Waals surface area contributed by atoms with E-state index in [2.05, 4.69) is 5.32 Å². The van der Waals surface area contributed by atoms with Gasteiger partial charge in [0.25, 0.3) is 11.5 Å². The van der Waals surface area contributed by atoms with Crippen LogP contribution in [0.1, 0.15) is 34.0 Å². The van der Waals surface area contributed by atoms with Gasteiger partial charge in [0.05, 0.1) is 7.11 Å². The normalized spacial score (nSPS) is 19.0. The Labute approximate surface area is 191 Å². The maximum Gasteiger partial charge on any atom is 0.274 e. The number of carbonyl (C=O) groups is 1. The number of fused-ring (bicyclic) bond motifs is 4. The fourth-order valence-electron chi connectivity index (χ4n) is 4.96. The van der Waals surface area contributed by atoms with Crippen molar-refractivity contribution in [3.63, 3.8) is 0 Å². The molecule has 5 rings (SSSR count). The third kappa shape index (κ3) is 4.23. The van der Waals surface area contributed by atoms with Crippen molar-refractivity contribution >= 4 is 11.6 Å². The van der Waals surface area contributed by atoms with Crippen LogP contribution in [0.4, 0.5) is 10.1 Å². The molecule has 33 heavy (non-hydrogen) atoms. The minimum Gasteiger partial charge on any atom is -0.497 e. The lowest BCUT2D eigenvalue weighted by Gasteiger charge is -2.43. The highest BCUT2D eigenvalue weighted by atomic mass is 19.1. The molecule has 1 fully saturated rings. The molecule has 0 spiro atoms. The Morgan fingerprint density at radius 2 is 1.79 bits per heavy atom. The molecule has 6 nitrogen and oxygen atoms in total. The number of anilines is 1. The van der Waals surface area contributed by atoms with Crippen LogP contribution in [0.2, 0.25) is 0 Å². The van der Waals surface area contributed by atoms with E-state index < -0.39 is 0 Å². The highest BCUT2D eigenvalue weighted by molar-refractivity contribution is 5.94. The van der Waals surface area contributed by atoms with Crippen LogP contribution < -0.4 is 15.6 Å². The highest BCUT2D eigenvalue weighted by Crippen LogP contribution is 2.36. The van der Waals surface area contributed by atoms with Crippen LogP contribution in [0.3, 0.4) is 0 Å². The maximum atomic E-state index is 13.2. The van der Waals surface area contributed by atoms with Crippen LogP contribution in [-0.4, -0.2) is 35.6 Å². The molecule has 3 aromatic rings. The third-order valence-corrected chi connectivity index (χ3v) is 6.62. The summed E-state index contributed by atoms with van der Waals surface area (Å²) in [5.41, 5.74) is 3.03. The van der Waals surface area contributed by atoms with Crippen LogP contribution in [0.5, 0.6) is 5.75 Å². The Hall–Kier alpha value is -3.61. The van der Waals surface area contributed by atoms with E-state index in [1.165, 1.54) is 12.1 Å². The number of halogens is 1. The Kier molecular flexibility index (Phi) is 5.62. The molecule has 3 heterocycles. The molecule has 0 unspecified atom stereocenters. The van der Waals surface area contributed by atoms with Gasteiger partial charge in [-0.25, -0.2) is 4.39 Å². The smallest absolute Gasteiger partial charge is 0.274 e. The third-order valence-electron chi connectivity index (χ3n) is 6.62. The summed E-state index contributed by atoms with van der Waals surface area (Å²) in [5, 5.41) is 3.19. The Morgan fingerprint density at radius 1 is 1.03 bits per heavy atom. The molecule has 2 aliphatic rings. The fraction of sp³-hybridized carbons (Fsp3) is 0.308. The van der Waals surface area contributed by atoms with E-state index >= 15 is 0 Å². The van der Waals surface area contributed by atoms with Crippen LogP contribution in [0.15, 0.2) is 65.5 Å². The molecule has 2 aliphatic heterocycles. The average Bonchev–Trinajstić information content (AvgIpc) is 2.84. The van der Waals surface area contributed by atoms with Gasteiger partial charge in [-0.05, 0) is 66.4 Å². The first-order chi connectivity index (χ1) is 16.0. The van der Waals surface area contributed by atoms with Crippen molar-refractivity contribution in [2.45, 2.75) is 25.4 Å². The Bertz CT molecular complexity index is 1220. The zero-order valence-electron chi connectivity index (χ0n) is 18.5. The number of likely N-dealkylation sites (tertiary alicyclic amines) is 1. The van der Waals surface area contributed by atoms with Gasteiger partial charge in [0.15, 0.2) is 0 Å². The van der Waals surface area contributed by atoms with Crippen LogP contribution >= 0.6 is 0 Å².